The number of methoxy groups -OCH3 is 1. The third-order valence-corrected chi connectivity index (χ3v) is 4.41. The third-order valence-electron chi connectivity index (χ3n) is 4.08. The Hall–Kier alpha value is -2.53. The second-order valence-electron chi connectivity index (χ2n) is 6.14. The molecule has 0 aliphatic carbocycles. The first-order valence-electron chi connectivity index (χ1n) is 8.16. The summed E-state index contributed by atoms with van der Waals surface area (Å²) in [6.45, 7) is 7.58. The van der Waals surface area contributed by atoms with Crippen molar-refractivity contribution in [2.45, 2.75) is 33.8 Å². The van der Waals surface area contributed by atoms with Crippen LogP contribution in [0.15, 0.2) is 30.3 Å². The van der Waals surface area contributed by atoms with E-state index in [9.17, 15) is 9.59 Å². The van der Waals surface area contributed by atoms with Crippen molar-refractivity contribution < 1.29 is 19.1 Å². The highest BCUT2D eigenvalue weighted by molar-refractivity contribution is 6.33. The number of anilines is 1. The van der Waals surface area contributed by atoms with Crippen molar-refractivity contribution in [2.24, 2.45) is 0 Å². The summed E-state index contributed by atoms with van der Waals surface area (Å²) in [5.74, 6) is -0.209. The van der Waals surface area contributed by atoms with Gasteiger partial charge in [-0.15, -0.1) is 0 Å². The average Bonchev–Trinajstić information content (AvgIpc) is 2.60. The van der Waals surface area contributed by atoms with Gasteiger partial charge in [-0.1, -0.05) is 17.7 Å². The Labute approximate surface area is 158 Å². The Kier molecular flexibility index (Phi) is 6.27. The van der Waals surface area contributed by atoms with Crippen LogP contribution in [0.3, 0.4) is 0 Å². The van der Waals surface area contributed by atoms with Crippen molar-refractivity contribution in [1.29, 1.82) is 0 Å². The lowest BCUT2D eigenvalue weighted by atomic mass is 10.1. The van der Waals surface area contributed by atoms with Crippen LogP contribution in [0, 0.1) is 20.8 Å². The molecule has 26 heavy (non-hydrogen) atoms. The van der Waals surface area contributed by atoms with Crippen LogP contribution in [0.25, 0.3) is 0 Å². The number of hydrogen-bond acceptors (Lipinski definition) is 4. The molecule has 0 aliphatic heterocycles. The molecule has 0 spiro atoms. The SMILES string of the molecule is COC(=O)c1ccc(Cl)c(NC(=O)[C@H](C)Oc2cc(C)cc(C)c2C)c1. The highest BCUT2D eigenvalue weighted by Gasteiger charge is 2.19. The van der Waals surface area contributed by atoms with Crippen molar-refractivity contribution in [3.63, 3.8) is 0 Å². The topological polar surface area (TPSA) is 64.6 Å². The predicted octanol–water partition coefficient (Wildman–Crippen LogP) is 4.46. The van der Waals surface area contributed by atoms with Crippen LogP contribution < -0.4 is 10.1 Å². The van der Waals surface area contributed by atoms with Crippen LogP contribution in [0.5, 0.6) is 5.75 Å². The summed E-state index contributed by atoms with van der Waals surface area (Å²) in [7, 11) is 1.29. The monoisotopic (exact) mass is 375 g/mol. The number of benzene rings is 2. The van der Waals surface area contributed by atoms with E-state index < -0.39 is 12.1 Å². The summed E-state index contributed by atoms with van der Waals surface area (Å²) >= 11 is 6.11. The standard InChI is InChI=1S/C20H22ClNO4/c1-11-8-12(2)13(3)18(9-11)26-14(4)19(23)22-17-10-15(20(24)25-5)6-7-16(17)21/h6-10,14H,1-5H3,(H,22,23)/t14-/m0/s1. The number of halogens is 1. The first-order valence-corrected chi connectivity index (χ1v) is 8.54. The van der Waals surface area contributed by atoms with Gasteiger partial charge < -0.3 is 14.8 Å². The van der Waals surface area contributed by atoms with Crippen LogP contribution in [0.1, 0.15) is 34.0 Å². The fraction of sp³-hybridized carbons (Fsp3) is 0.300. The lowest BCUT2D eigenvalue weighted by Gasteiger charge is -2.18. The van der Waals surface area contributed by atoms with E-state index in [1.807, 2.05) is 26.8 Å². The molecule has 6 heteroatoms. The minimum atomic E-state index is -0.743. The third kappa shape index (κ3) is 4.55. The molecule has 1 amide bonds. The van der Waals surface area contributed by atoms with Gasteiger partial charge in [-0.25, -0.2) is 4.79 Å². The second-order valence-corrected chi connectivity index (χ2v) is 6.55. The number of ether oxygens (including phenoxy) is 2. The number of amides is 1. The van der Waals surface area contributed by atoms with E-state index in [0.29, 0.717) is 22.0 Å². The molecular formula is C20H22ClNO4. The summed E-state index contributed by atoms with van der Waals surface area (Å²) in [5.41, 5.74) is 3.77. The van der Waals surface area contributed by atoms with Gasteiger partial charge in [-0.2, -0.15) is 0 Å². The van der Waals surface area contributed by atoms with Crippen molar-refractivity contribution in [3.05, 3.63) is 57.6 Å². The van der Waals surface area contributed by atoms with E-state index in [1.165, 1.54) is 25.3 Å². The highest BCUT2D eigenvalue weighted by atomic mass is 35.5. The van der Waals surface area contributed by atoms with E-state index in [0.717, 1.165) is 16.7 Å². The highest BCUT2D eigenvalue weighted by Crippen LogP contribution is 2.26. The van der Waals surface area contributed by atoms with E-state index >= 15 is 0 Å². The average molecular weight is 376 g/mol. The summed E-state index contributed by atoms with van der Waals surface area (Å²) in [4.78, 5) is 24.1. The van der Waals surface area contributed by atoms with Crippen LogP contribution in [-0.4, -0.2) is 25.1 Å². The van der Waals surface area contributed by atoms with Gasteiger partial charge in [-0.3, -0.25) is 4.79 Å². The Balaban J connectivity index is 2.16. The number of aryl methyl sites for hydroxylation is 2. The summed E-state index contributed by atoms with van der Waals surface area (Å²) in [6.07, 6.45) is -0.743. The maximum absolute atomic E-state index is 12.5. The van der Waals surface area contributed by atoms with Gasteiger partial charge in [0.15, 0.2) is 6.10 Å². The van der Waals surface area contributed by atoms with Crippen LogP contribution >= 0.6 is 11.6 Å². The molecule has 0 bridgehead atoms. The van der Waals surface area contributed by atoms with E-state index in [4.69, 9.17) is 16.3 Å². The molecule has 0 radical (unpaired) electrons. The number of carbonyl (C=O) groups is 2. The van der Waals surface area contributed by atoms with Gasteiger partial charge in [0.25, 0.3) is 5.91 Å². The second kappa shape index (κ2) is 8.23. The molecule has 0 aliphatic rings. The molecule has 2 aromatic carbocycles. The van der Waals surface area contributed by atoms with Crippen molar-refractivity contribution in [3.8, 4) is 5.75 Å². The maximum Gasteiger partial charge on any atom is 0.337 e. The van der Waals surface area contributed by atoms with Crippen LogP contribution in [0.2, 0.25) is 5.02 Å². The fourth-order valence-electron chi connectivity index (χ4n) is 2.47. The first-order chi connectivity index (χ1) is 12.2. The number of hydrogen-bond donors (Lipinski definition) is 1. The molecule has 1 N–H and O–H groups in total. The zero-order valence-corrected chi connectivity index (χ0v) is 16.2. The fourth-order valence-corrected chi connectivity index (χ4v) is 2.63. The minimum Gasteiger partial charge on any atom is -0.481 e. The lowest BCUT2D eigenvalue weighted by Crippen LogP contribution is -2.30. The summed E-state index contributed by atoms with van der Waals surface area (Å²) in [5, 5.41) is 3.01. The molecule has 0 saturated carbocycles. The molecule has 0 heterocycles. The number of nitrogens with one attached hydrogen (secondary N) is 1. The van der Waals surface area contributed by atoms with Crippen LogP contribution in [0.4, 0.5) is 5.69 Å². The van der Waals surface area contributed by atoms with Gasteiger partial charge in [0.2, 0.25) is 0 Å². The van der Waals surface area contributed by atoms with Gasteiger partial charge in [0.05, 0.1) is 23.4 Å². The molecule has 5 nitrogen and oxygen atoms in total. The Bertz CT molecular complexity index is 848. The molecule has 138 valence electrons. The maximum atomic E-state index is 12.5. The van der Waals surface area contributed by atoms with E-state index in [1.54, 1.807) is 6.92 Å². The zero-order valence-electron chi connectivity index (χ0n) is 15.5. The van der Waals surface area contributed by atoms with E-state index in [2.05, 4.69) is 16.1 Å². The van der Waals surface area contributed by atoms with Gasteiger partial charge >= 0.3 is 5.97 Å². The van der Waals surface area contributed by atoms with Crippen molar-refractivity contribution >= 4 is 29.2 Å². The van der Waals surface area contributed by atoms with Crippen LogP contribution in [-0.2, 0) is 9.53 Å². The summed E-state index contributed by atoms with van der Waals surface area (Å²) in [6, 6.07) is 8.49. The summed E-state index contributed by atoms with van der Waals surface area (Å²) < 4.78 is 10.5. The quantitative estimate of drug-likeness (QED) is 0.784. The Morgan fingerprint density at radius 1 is 1.12 bits per heavy atom. The van der Waals surface area contributed by atoms with Gasteiger partial charge in [-0.05, 0) is 68.7 Å². The molecular weight excluding hydrogens is 354 g/mol. The Morgan fingerprint density at radius 3 is 2.46 bits per heavy atom. The molecule has 0 unspecified atom stereocenters. The normalized spacial score (nSPS) is 11.6. The molecule has 0 aromatic heterocycles. The number of esters is 1. The van der Waals surface area contributed by atoms with E-state index in [-0.39, 0.29) is 5.91 Å². The predicted molar refractivity (Wildman–Crippen MR) is 102 cm³/mol. The van der Waals surface area contributed by atoms with Crippen molar-refractivity contribution in [1.82, 2.24) is 0 Å². The van der Waals surface area contributed by atoms with Gasteiger partial charge in [0.1, 0.15) is 5.75 Å². The smallest absolute Gasteiger partial charge is 0.337 e. The number of carbonyl (C=O) groups excluding carboxylic acids is 2. The zero-order chi connectivity index (χ0) is 19.4. The number of rotatable bonds is 5. The molecule has 2 aromatic rings. The lowest BCUT2D eigenvalue weighted by molar-refractivity contribution is -0.122. The molecule has 0 fully saturated rings. The van der Waals surface area contributed by atoms with Crippen molar-refractivity contribution in [2.75, 3.05) is 12.4 Å². The molecule has 0 saturated heterocycles. The minimum absolute atomic E-state index is 0.297. The molecule has 1 atom stereocenters. The first kappa shape index (κ1) is 19.8. The molecule has 2 rings (SSSR count). The largest absolute Gasteiger partial charge is 0.481 e. The Morgan fingerprint density at radius 2 is 1.81 bits per heavy atom. The van der Waals surface area contributed by atoms with Gasteiger partial charge in [0, 0.05) is 0 Å².